The van der Waals surface area contributed by atoms with Crippen molar-refractivity contribution in [3.8, 4) is 6.07 Å². The van der Waals surface area contributed by atoms with Crippen molar-refractivity contribution >= 4 is 17.8 Å². The van der Waals surface area contributed by atoms with Crippen LogP contribution in [0.2, 0.25) is 0 Å². The smallest absolute Gasteiger partial charge is 0.475 e. The van der Waals surface area contributed by atoms with Crippen molar-refractivity contribution in [3.63, 3.8) is 0 Å². The number of carbonyl (C=O) groups excluding carboxylic acids is 1. The van der Waals surface area contributed by atoms with E-state index in [0.717, 1.165) is 25.7 Å². The second kappa shape index (κ2) is 13.6. The third-order valence-corrected chi connectivity index (χ3v) is 3.46. The van der Waals surface area contributed by atoms with E-state index in [1.165, 1.54) is 0 Å². The van der Waals surface area contributed by atoms with Gasteiger partial charge < -0.3 is 26.6 Å². The number of nitriles is 1. The highest BCUT2D eigenvalue weighted by atomic mass is 19.4. The van der Waals surface area contributed by atoms with Gasteiger partial charge in [0.25, 0.3) is 0 Å². The summed E-state index contributed by atoms with van der Waals surface area (Å²) in [5, 5.41) is 23.1. The lowest BCUT2D eigenvalue weighted by Gasteiger charge is -2.23. The normalized spacial score (nSPS) is 16.9. The first-order valence-electron chi connectivity index (χ1n) is 8.35. The maximum Gasteiger partial charge on any atom is 0.490 e. The number of carbonyl (C=O) groups is 3. The molecule has 1 aliphatic heterocycles. The molecule has 6 N–H and O–H groups in total. The summed E-state index contributed by atoms with van der Waals surface area (Å²) in [6.45, 7) is 1.30. The molecule has 1 aliphatic rings. The first-order valence-corrected chi connectivity index (χ1v) is 8.35. The molecule has 30 heavy (non-hydrogen) atoms. The van der Waals surface area contributed by atoms with Crippen LogP contribution in [-0.4, -0.2) is 70.5 Å². The minimum absolute atomic E-state index is 0.0823. The van der Waals surface area contributed by atoms with Crippen molar-refractivity contribution in [2.45, 2.75) is 56.5 Å². The molecule has 0 aromatic heterocycles. The number of amides is 1. The van der Waals surface area contributed by atoms with Crippen molar-refractivity contribution in [2.75, 3.05) is 13.1 Å². The van der Waals surface area contributed by atoms with Crippen LogP contribution in [0.4, 0.5) is 26.3 Å². The van der Waals surface area contributed by atoms with Crippen LogP contribution in [-0.2, 0) is 14.4 Å². The number of unbranched alkanes of at least 4 members (excludes halogenated alkanes) is 1. The van der Waals surface area contributed by atoms with Gasteiger partial charge in [-0.05, 0) is 32.2 Å². The van der Waals surface area contributed by atoms with Crippen LogP contribution in [0.25, 0.3) is 0 Å². The summed E-state index contributed by atoms with van der Waals surface area (Å²) in [6.07, 6.45) is -6.07. The van der Waals surface area contributed by atoms with Gasteiger partial charge >= 0.3 is 24.3 Å². The summed E-state index contributed by atoms with van der Waals surface area (Å²) >= 11 is 0. The molecule has 0 unspecified atom stereocenters. The summed E-state index contributed by atoms with van der Waals surface area (Å²) in [7, 11) is 0. The second-order valence-electron chi connectivity index (χ2n) is 5.82. The van der Waals surface area contributed by atoms with Gasteiger partial charge in [-0.1, -0.05) is 6.42 Å². The number of hydrogen-bond acceptors (Lipinski definition) is 6. The fourth-order valence-corrected chi connectivity index (χ4v) is 2.01. The zero-order chi connectivity index (χ0) is 24.1. The Bertz CT molecular complexity index is 582. The van der Waals surface area contributed by atoms with E-state index in [9.17, 15) is 31.1 Å². The Labute approximate surface area is 167 Å². The molecule has 0 spiro atoms. The Morgan fingerprint density at radius 3 is 1.83 bits per heavy atom. The topological polar surface area (TPSA) is 171 Å². The van der Waals surface area contributed by atoms with Crippen LogP contribution in [0.1, 0.15) is 32.1 Å². The molecule has 2 atom stereocenters. The maximum atomic E-state index is 11.9. The molecule has 0 radical (unpaired) electrons. The fourth-order valence-electron chi connectivity index (χ4n) is 2.01. The molecule has 9 nitrogen and oxygen atoms in total. The molecule has 1 amide bonds. The van der Waals surface area contributed by atoms with E-state index in [4.69, 9.17) is 36.5 Å². The highest BCUT2D eigenvalue weighted by Crippen LogP contribution is 2.18. The molecule has 174 valence electrons. The van der Waals surface area contributed by atoms with Crippen LogP contribution in [0.15, 0.2) is 0 Å². The zero-order valence-electron chi connectivity index (χ0n) is 15.5. The lowest BCUT2D eigenvalue weighted by molar-refractivity contribution is -0.193. The lowest BCUT2D eigenvalue weighted by Crippen LogP contribution is -2.45. The molecular formula is C15H22F6N4O5. The molecule has 0 aromatic carbocycles. The summed E-state index contributed by atoms with van der Waals surface area (Å²) in [5.41, 5.74) is 11.2. The number of rotatable bonds is 5. The average Bonchev–Trinajstić information content (AvgIpc) is 3.09. The van der Waals surface area contributed by atoms with Crippen LogP contribution in [0.3, 0.4) is 0 Å². The summed E-state index contributed by atoms with van der Waals surface area (Å²) in [5.74, 6) is -5.60. The van der Waals surface area contributed by atoms with Gasteiger partial charge in [0.15, 0.2) is 0 Å². The predicted octanol–water partition coefficient (Wildman–Crippen LogP) is 1.22. The zero-order valence-corrected chi connectivity index (χ0v) is 15.5. The van der Waals surface area contributed by atoms with E-state index >= 15 is 0 Å². The predicted molar refractivity (Wildman–Crippen MR) is 88.6 cm³/mol. The summed E-state index contributed by atoms with van der Waals surface area (Å²) in [4.78, 5) is 31.3. The Hall–Kier alpha value is -2.60. The molecule has 0 saturated carbocycles. The Morgan fingerprint density at radius 2 is 1.50 bits per heavy atom. The first-order chi connectivity index (χ1) is 13.6. The number of likely N-dealkylation sites (tertiary alicyclic amines) is 1. The van der Waals surface area contributed by atoms with E-state index in [2.05, 4.69) is 6.07 Å². The number of nitrogens with zero attached hydrogens (tertiary/aromatic N) is 2. The van der Waals surface area contributed by atoms with Crippen LogP contribution in [0, 0.1) is 11.3 Å². The molecule has 1 saturated heterocycles. The molecule has 1 heterocycles. The number of nitrogens with two attached hydrogens (primary N) is 2. The van der Waals surface area contributed by atoms with Crippen LogP contribution < -0.4 is 11.5 Å². The van der Waals surface area contributed by atoms with Crippen molar-refractivity contribution in [1.29, 1.82) is 5.26 Å². The number of hydrogen-bond donors (Lipinski definition) is 4. The second-order valence-corrected chi connectivity index (χ2v) is 5.82. The first kappa shape index (κ1) is 29.6. The quantitative estimate of drug-likeness (QED) is 0.356. The van der Waals surface area contributed by atoms with Crippen molar-refractivity contribution in [2.24, 2.45) is 11.5 Å². The lowest BCUT2D eigenvalue weighted by atomic mass is 10.1. The molecule has 0 aromatic rings. The molecule has 1 rings (SSSR count). The van der Waals surface area contributed by atoms with Gasteiger partial charge in [0.1, 0.15) is 6.04 Å². The Morgan fingerprint density at radius 1 is 1.07 bits per heavy atom. The summed E-state index contributed by atoms with van der Waals surface area (Å²) in [6, 6.07) is 1.40. The van der Waals surface area contributed by atoms with E-state index in [0.29, 0.717) is 19.5 Å². The highest BCUT2D eigenvalue weighted by molar-refractivity contribution is 5.82. The average molecular weight is 452 g/mol. The van der Waals surface area contributed by atoms with Crippen molar-refractivity contribution in [1.82, 2.24) is 4.90 Å². The number of alkyl halides is 6. The van der Waals surface area contributed by atoms with Gasteiger partial charge in [-0.25, -0.2) is 9.59 Å². The minimum Gasteiger partial charge on any atom is -0.475 e. The fraction of sp³-hybridized carbons (Fsp3) is 0.733. The van der Waals surface area contributed by atoms with Crippen LogP contribution in [0.5, 0.6) is 0 Å². The molecule has 0 aliphatic carbocycles. The van der Waals surface area contributed by atoms with E-state index in [1.807, 2.05) is 0 Å². The van der Waals surface area contributed by atoms with Gasteiger partial charge in [-0.3, -0.25) is 4.79 Å². The standard InChI is InChI=1S/C11H20N4O.2C2HF3O2/c12-6-2-1-5-10(14)11(16)15-7-3-4-9(15)8-13;2*3-2(4,5)1(6)7/h9-10H,1-7,12,14H2;2*(H,6,7)/t9-,10-;;/m0../s1. The third kappa shape index (κ3) is 12.8. The largest absolute Gasteiger partial charge is 0.490 e. The molecule has 0 bridgehead atoms. The van der Waals surface area contributed by atoms with Gasteiger partial charge in [0.05, 0.1) is 12.1 Å². The minimum atomic E-state index is -5.08. The van der Waals surface area contributed by atoms with Gasteiger partial charge in [-0.2, -0.15) is 31.6 Å². The SMILES string of the molecule is N#C[C@@H]1CCCN1C(=O)[C@@H](N)CCCCN.O=C(O)C(F)(F)F.O=C(O)C(F)(F)F. The number of carboxylic acid groups (broad SMARTS) is 2. The summed E-state index contributed by atoms with van der Waals surface area (Å²) < 4.78 is 63.5. The van der Waals surface area contributed by atoms with Gasteiger partial charge in [0.2, 0.25) is 5.91 Å². The molecule has 15 heteroatoms. The monoisotopic (exact) mass is 452 g/mol. The van der Waals surface area contributed by atoms with Crippen molar-refractivity contribution < 1.29 is 50.9 Å². The number of halogens is 6. The molecular weight excluding hydrogens is 430 g/mol. The number of aliphatic carboxylic acids is 2. The van der Waals surface area contributed by atoms with Gasteiger partial charge in [-0.15, -0.1) is 0 Å². The third-order valence-electron chi connectivity index (χ3n) is 3.46. The Kier molecular flexibility index (Phi) is 13.4. The van der Waals surface area contributed by atoms with Crippen LogP contribution >= 0.6 is 0 Å². The molecule has 1 fully saturated rings. The Balaban J connectivity index is 0. The van der Waals surface area contributed by atoms with E-state index in [1.54, 1.807) is 4.90 Å². The van der Waals surface area contributed by atoms with E-state index < -0.39 is 30.3 Å². The van der Waals surface area contributed by atoms with E-state index in [-0.39, 0.29) is 11.9 Å². The van der Waals surface area contributed by atoms with Gasteiger partial charge in [0, 0.05) is 6.54 Å². The highest BCUT2D eigenvalue weighted by Gasteiger charge is 2.38. The van der Waals surface area contributed by atoms with Crippen molar-refractivity contribution in [3.05, 3.63) is 0 Å². The maximum absolute atomic E-state index is 11.9. The number of carboxylic acids is 2.